The molecule has 0 radical (unpaired) electrons. The van der Waals surface area contributed by atoms with Crippen LogP contribution in [0.1, 0.15) is 47.5 Å². The minimum Gasteiger partial charge on any atom is -0.406 e. The Labute approximate surface area is 176 Å². The van der Waals surface area contributed by atoms with Gasteiger partial charge in [0, 0.05) is 11.9 Å². The van der Waals surface area contributed by atoms with Crippen molar-refractivity contribution in [2.45, 2.75) is 57.7 Å². The van der Waals surface area contributed by atoms with E-state index in [2.05, 4.69) is 101 Å². The van der Waals surface area contributed by atoms with Gasteiger partial charge in [-0.05, 0) is 39.1 Å². The fourth-order valence-electron chi connectivity index (χ4n) is 4.14. The molecule has 1 heterocycles. The van der Waals surface area contributed by atoms with Gasteiger partial charge in [0.1, 0.15) is 0 Å². The maximum absolute atomic E-state index is 7.10. The maximum Gasteiger partial charge on any atom is 0.261 e. The van der Waals surface area contributed by atoms with E-state index in [4.69, 9.17) is 4.43 Å². The Morgan fingerprint density at radius 1 is 1.00 bits per heavy atom. The number of thioether (sulfide) groups is 1. The molecule has 0 aliphatic carbocycles. The van der Waals surface area contributed by atoms with Crippen molar-refractivity contribution in [2.24, 2.45) is 5.92 Å². The van der Waals surface area contributed by atoms with Gasteiger partial charge in [0.05, 0.1) is 0 Å². The van der Waals surface area contributed by atoms with Gasteiger partial charge in [-0.25, -0.2) is 0 Å². The van der Waals surface area contributed by atoms with E-state index >= 15 is 0 Å². The summed E-state index contributed by atoms with van der Waals surface area (Å²) in [5, 5.41) is 3.32. The third kappa shape index (κ3) is 4.32. The second-order valence-corrected chi connectivity index (χ2v) is 14.5. The maximum atomic E-state index is 7.10. The Balaban J connectivity index is 1.92. The SMILES string of the molecule is CCC(C)C1=CC[C@@H](CO[Si](c2ccccc2)(c2ccccc2)C(C)(C)C)S1. The van der Waals surface area contributed by atoms with E-state index in [9.17, 15) is 0 Å². The standard InChI is InChI=1S/C25H34OSSi/c1-6-20(2)24-18-17-21(27-24)19-26-28(25(3,4)5,22-13-9-7-10-14-22)23-15-11-8-12-16-23/h7-16,18,20-21H,6,17,19H2,1-5H3/t20?,21-/m0/s1. The lowest BCUT2D eigenvalue weighted by atomic mass is 10.1. The average Bonchev–Trinajstić information content (AvgIpc) is 3.17. The van der Waals surface area contributed by atoms with Crippen molar-refractivity contribution >= 4 is 30.5 Å². The zero-order valence-electron chi connectivity index (χ0n) is 17.9. The molecule has 1 aliphatic heterocycles. The molecule has 0 saturated heterocycles. The van der Waals surface area contributed by atoms with Crippen LogP contribution in [-0.4, -0.2) is 20.2 Å². The molecule has 0 saturated carbocycles. The number of rotatable bonds is 7. The topological polar surface area (TPSA) is 9.23 Å². The largest absolute Gasteiger partial charge is 0.406 e. The van der Waals surface area contributed by atoms with E-state index in [1.165, 1.54) is 16.8 Å². The lowest BCUT2D eigenvalue weighted by molar-refractivity contribution is 0.298. The highest BCUT2D eigenvalue weighted by atomic mass is 32.2. The van der Waals surface area contributed by atoms with Crippen molar-refractivity contribution in [1.82, 2.24) is 0 Å². The van der Waals surface area contributed by atoms with Crippen LogP contribution in [0, 0.1) is 5.92 Å². The fraction of sp³-hybridized carbons (Fsp3) is 0.440. The van der Waals surface area contributed by atoms with Crippen LogP contribution in [0.4, 0.5) is 0 Å². The highest BCUT2D eigenvalue weighted by Crippen LogP contribution is 2.41. The quantitative estimate of drug-likeness (QED) is 0.518. The molecule has 3 heteroatoms. The molecule has 150 valence electrons. The zero-order valence-corrected chi connectivity index (χ0v) is 19.8. The summed E-state index contributed by atoms with van der Waals surface area (Å²) in [5.74, 6) is 0.669. The second-order valence-electron chi connectivity index (χ2n) is 8.87. The molecule has 3 rings (SSSR count). The van der Waals surface area contributed by atoms with Gasteiger partial charge in [0.15, 0.2) is 0 Å². The van der Waals surface area contributed by atoms with Crippen LogP contribution in [-0.2, 0) is 4.43 Å². The molecule has 2 aromatic rings. The van der Waals surface area contributed by atoms with E-state index in [1.807, 2.05) is 11.8 Å². The van der Waals surface area contributed by atoms with Crippen LogP contribution < -0.4 is 10.4 Å². The molecule has 1 unspecified atom stereocenters. The van der Waals surface area contributed by atoms with Crippen molar-refractivity contribution < 1.29 is 4.43 Å². The van der Waals surface area contributed by atoms with Crippen LogP contribution in [0.15, 0.2) is 71.6 Å². The normalized spacial score (nSPS) is 18.8. The number of allylic oxidation sites excluding steroid dienone is 2. The lowest BCUT2D eigenvalue weighted by Crippen LogP contribution is -2.67. The molecule has 1 nitrogen and oxygen atoms in total. The first-order chi connectivity index (χ1) is 13.4. The molecule has 0 aromatic heterocycles. The molecular weight excluding hydrogens is 376 g/mol. The van der Waals surface area contributed by atoms with Crippen molar-refractivity contribution in [3.8, 4) is 0 Å². The van der Waals surface area contributed by atoms with Gasteiger partial charge in [0.2, 0.25) is 0 Å². The first-order valence-electron chi connectivity index (χ1n) is 10.5. The van der Waals surface area contributed by atoms with Gasteiger partial charge in [0.25, 0.3) is 8.32 Å². The molecule has 1 aliphatic rings. The summed E-state index contributed by atoms with van der Waals surface area (Å²) in [5.41, 5.74) is 0. The van der Waals surface area contributed by atoms with E-state index in [0.717, 1.165) is 13.0 Å². The Morgan fingerprint density at radius 2 is 1.54 bits per heavy atom. The van der Waals surface area contributed by atoms with Gasteiger partial charge in [-0.1, -0.05) is 101 Å². The zero-order chi connectivity index (χ0) is 20.2. The highest BCUT2D eigenvalue weighted by Gasteiger charge is 2.50. The van der Waals surface area contributed by atoms with Gasteiger partial charge in [-0.2, -0.15) is 0 Å². The summed E-state index contributed by atoms with van der Waals surface area (Å²) in [6.07, 6.45) is 4.78. The van der Waals surface area contributed by atoms with Crippen LogP contribution in [0.2, 0.25) is 5.04 Å². The van der Waals surface area contributed by atoms with E-state index in [1.54, 1.807) is 4.91 Å². The first-order valence-corrected chi connectivity index (χ1v) is 13.3. The predicted octanol–water partition coefficient (Wildman–Crippen LogP) is 6.00. The Bertz CT molecular complexity index is 740. The Morgan fingerprint density at radius 3 is 2.00 bits per heavy atom. The van der Waals surface area contributed by atoms with Crippen LogP contribution in [0.5, 0.6) is 0 Å². The average molecular weight is 411 g/mol. The summed E-state index contributed by atoms with van der Waals surface area (Å²) in [6.45, 7) is 12.5. The predicted molar refractivity (Wildman–Crippen MR) is 127 cm³/mol. The molecule has 0 amide bonds. The van der Waals surface area contributed by atoms with Crippen LogP contribution >= 0.6 is 11.8 Å². The Kier molecular flexibility index (Phi) is 6.90. The van der Waals surface area contributed by atoms with Crippen LogP contribution in [0.25, 0.3) is 0 Å². The highest BCUT2D eigenvalue weighted by molar-refractivity contribution is 8.03. The van der Waals surface area contributed by atoms with Gasteiger partial charge in [-0.15, -0.1) is 11.8 Å². The number of benzene rings is 2. The molecule has 28 heavy (non-hydrogen) atoms. The monoisotopic (exact) mass is 410 g/mol. The van der Waals surface area contributed by atoms with Crippen molar-refractivity contribution in [3.63, 3.8) is 0 Å². The molecular formula is C25H34OSSi. The lowest BCUT2D eigenvalue weighted by Gasteiger charge is -2.43. The van der Waals surface area contributed by atoms with Crippen molar-refractivity contribution in [1.29, 1.82) is 0 Å². The fourth-order valence-corrected chi connectivity index (χ4v) is 10.2. The number of hydrogen-bond donors (Lipinski definition) is 0. The van der Waals surface area contributed by atoms with Crippen molar-refractivity contribution in [2.75, 3.05) is 6.61 Å². The second kappa shape index (κ2) is 9.02. The van der Waals surface area contributed by atoms with E-state index < -0.39 is 8.32 Å². The van der Waals surface area contributed by atoms with Gasteiger partial charge < -0.3 is 4.43 Å². The molecule has 0 fully saturated rings. The molecule has 0 N–H and O–H groups in total. The summed E-state index contributed by atoms with van der Waals surface area (Å²) in [4.78, 5) is 1.55. The van der Waals surface area contributed by atoms with Gasteiger partial charge in [-0.3, -0.25) is 0 Å². The van der Waals surface area contributed by atoms with Gasteiger partial charge >= 0.3 is 0 Å². The summed E-state index contributed by atoms with van der Waals surface area (Å²) in [7, 11) is -2.41. The third-order valence-corrected chi connectivity index (χ3v) is 12.4. The smallest absolute Gasteiger partial charge is 0.261 e. The van der Waals surface area contributed by atoms with E-state index in [0.29, 0.717) is 11.2 Å². The summed E-state index contributed by atoms with van der Waals surface area (Å²) in [6, 6.07) is 21.9. The van der Waals surface area contributed by atoms with E-state index in [-0.39, 0.29) is 5.04 Å². The van der Waals surface area contributed by atoms with Crippen molar-refractivity contribution in [3.05, 3.63) is 71.6 Å². The Hall–Kier alpha value is -1.29. The summed E-state index contributed by atoms with van der Waals surface area (Å²) >= 11 is 2.04. The first kappa shape index (κ1) is 21.4. The minimum absolute atomic E-state index is 0.0476. The minimum atomic E-state index is -2.41. The molecule has 0 bridgehead atoms. The van der Waals surface area contributed by atoms with Crippen LogP contribution in [0.3, 0.4) is 0 Å². The molecule has 2 atom stereocenters. The number of hydrogen-bond acceptors (Lipinski definition) is 2. The molecule has 2 aromatic carbocycles. The molecule has 0 spiro atoms. The third-order valence-electron chi connectivity index (χ3n) is 5.89. The summed E-state index contributed by atoms with van der Waals surface area (Å²) < 4.78 is 7.10.